The molecule has 2 N–H and O–H groups in total. The van der Waals surface area contributed by atoms with Gasteiger partial charge in [0.15, 0.2) is 0 Å². The van der Waals surface area contributed by atoms with Crippen LogP contribution in [0.2, 0.25) is 0 Å². The van der Waals surface area contributed by atoms with Gasteiger partial charge in [-0.25, -0.2) is 13.1 Å². The van der Waals surface area contributed by atoms with Gasteiger partial charge >= 0.3 is 0 Å². The van der Waals surface area contributed by atoms with Gasteiger partial charge in [-0.1, -0.05) is 18.2 Å². The van der Waals surface area contributed by atoms with E-state index in [1.165, 1.54) is 11.8 Å². The van der Waals surface area contributed by atoms with Gasteiger partial charge in [0.05, 0.1) is 25.1 Å². The Morgan fingerprint density at radius 1 is 1.14 bits per heavy atom. The van der Waals surface area contributed by atoms with Crippen molar-refractivity contribution in [2.24, 2.45) is 0 Å². The Morgan fingerprint density at radius 3 is 2.55 bits per heavy atom. The summed E-state index contributed by atoms with van der Waals surface area (Å²) in [5.41, 5.74) is 1.31. The van der Waals surface area contributed by atoms with Crippen molar-refractivity contribution < 1.29 is 17.9 Å². The highest BCUT2D eigenvalue weighted by atomic mass is 32.2. The zero-order chi connectivity index (χ0) is 20.9. The van der Waals surface area contributed by atoms with E-state index >= 15 is 0 Å². The first-order chi connectivity index (χ1) is 13.8. The van der Waals surface area contributed by atoms with Crippen LogP contribution >= 0.6 is 0 Å². The van der Waals surface area contributed by atoms with Crippen molar-refractivity contribution in [2.45, 2.75) is 82.6 Å². The first kappa shape index (κ1) is 22.5. The fourth-order valence-corrected chi connectivity index (χ4v) is 5.34. The van der Waals surface area contributed by atoms with Gasteiger partial charge in [0, 0.05) is 12.1 Å². The van der Waals surface area contributed by atoms with Crippen LogP contribution in [0, 0.1) is 0 Å². The second-order valence-corrected chi connectivity index (χ2v) is 10.5. The molecular formula is C22H36N2O4S. The summed E-state index contributed by atoms with van der Waals surface area (Å²) < 4.78 is 38.2. The number of piperidine rings is 1. The molecule has 2 aliphatic rings. The molecule has 2 atom stereocenters. The highest BCUT2D eigenvalue weighted by Crippen LogP contribution is 2.38. The van der Waals surface area contributed by atoms with Crippen LogP contribution in [-0.2, 0) is 14.8 Å². The Hall–Kier alpha value is -1.15. The highest BCUT2D eigenvalue weighted by molar-refractivity contribution is 7.88. The number of benzene rings is 1. The Balaban J connectivity index is 1.50. The molecule has 29 heavy (non-hydrogen) atoms. The zero-order valence-electron chi connectivity index (χ0n) is 17.9. The molecule has 1 saturated heterocycles. The van der Waals surface area contributed by atoms with Crippen LogP contribution < -0.4 is 14.8 Å². The van der Waals surface area contributed by atoms with Gasteiger partial charge in [0.25, 0.3) is 0 Å². The summed E-state index contributed by atoms with van der Waals surface area (Å²) in [5, 5.41) is 3.42. The summed E-state index contributed by atoms with van der Waals surface area (Å²) in [6, 6.07) is 8.34. The number of hydrogen-bond acceptors (Lipinski definition) is 5. The molecule has 1 aliphatic heterocycles. The second-order valence-electron chi connectivity index (χ2n) is 8.71. The maximum atomic E-state index is 11.6. The van der Waals surface area contributed by atoms with Crippen molar-refractivity contribution in [3.05, 3.63) is 29.8 Å². The van der Waals surface area contributed by atoms with Crippen LogP contribution in [0.25, 0.3) is 0 Å². The van der Waals surface area contributed by atoms with Gasteiger partial charge in [-0.05, 0) is 76.5 Å². The quantitative estimate of drug-likeness (QED) is 0.670. The normalized spacial score (nSPS) is 28.4. The molecule has 0 bridgehead atoms. The van der Waals surface area contributed by atoms with E-state index in [1.54, 1.807) is 0 Å². The molecule has 1 aromatic carbocycles. The third-order valence-electron chi connectivity index (χ3n) is 5.86. The number of para-hydroxylation sites is 1. The molecule has 0 radical (unpaired) electrons. The first-order valence-electron chi connectivity index (χ1n) is 10.9. The predicted octanol–water partition coefficient (Wildman–Crippen LogP) is 3.19. The molecule has 3 rings (SSSR count). The van der Waals surface area contributed by atoms with Crippen LogP contribution in [-0.4, -0.2) is 52.1 Å². The van der Waals surface area contributed by atoms with E-state index in [0.717, 1.165) is 50.8 Å². The van der Waals surface area contributed by atoms with Gasteiger partial charge in [-0.3, -0.25) is 0 Å². The number of hydrogen-bond donors (Lipinski definition) is 2. The Kier molecular flexibility index (Phi) is 7.96. The van der Waals surface area contributed by atoms with Gasteiger partial charge in [-0.2, -0.15) is 0 Å². The minimum atomic E-state index is -3.21. The lowest BCUT2D eigenvalue weighted by molar-refractivity contribution is 0.00506. The fourth-order valence-electron chi connectivity index (χ4n) is 4.50. The van der Waals surface area contributed by atoms with Crippen molar-refractivity contribution in [3.63, 3.8) is 0 Å². The molecule has 6 nitrogen and oxygen atoms in total. The highest BCUT2D eigenvalue weighted by Gasteiger charge is 2.30. The molecule has 1 aliphatic carbocycles. The summed E-state index contributed by atoms with van der Waals surface area (Å²) in [7, 11) is -3.21. The van der Waals surface area contributed by atoms with E-state index in [0.29, 0.717) is 12.5 Å². The minimum absolute atomic E-state index is 0.0383. The molecule has 0 amide bonds. The maximum Gasteiger partial charge on any atom is 0.209 e. The number of ether oxygens (including phenoxy) is 2. The van der Waals surface area contributed by atoms with Crippen LogP contribution in [0.5, 0.6) is 5.75 Å². The lowest BCUT2D eigenvalue weighted by Gasteiger charge is -2.35. The van der Waals surface area contributed by atoms with Crippen molar-refractivity contribution >= 4 is 10.0 Å². The fraction of sp³-hybridized carbons (Fsp3) is 0.727. The third kappa shape index (κ3) is 6.95. The van der Waals surface area contributed by atoms with Gasteiger partial charge in [0.2, 0.25) is 10.0 Å². The van der Waals surface area contributed by atoms with Crippen molar-refractivity contribution in [3.8, 4) is 5.75 Å². The topological polar surface area (TPSA) is 76.7 Å². The average molecular weight is 425 g/mol. The molecule has 0 aromatic heterocycles. The van der Waals surface area contributed by atoms with Crippen molar-refractivity contribution in [1.29, 1.82) is 0 Å². The lowest BCUT2D eigenvalue weighted by atomic mass is 9.82. The van der Waals surface area contributed by atoms with Crippen LogP contribution in [0.4, 0.5) is 0 Å². The standard InChI is InChI=1S/C22H36N2O4S/c1-16(2)28-22-9-5-4-7-19(22)17-10-12-18(13-11-17)27-15-21-20(8-6-14-23-21)24-29(3,25)26/h4-5,7,9,16-18,20-21,23-24H,6,8,10-15H2,1-3H3/t17-,18+,20-,21-/m0/s1. The minimum Gasteiger partial charge on any atom is -0.491 e. The summed E-state index contributed by atoms with van der Waals surface area (Å²) in [6.45, 7) is 5.59. The molecule has 1 saturated carbocycles. The van der Waals surface area contributed by atoms with E-state index in [2.05, 4.69) is 42.1 Å². The van der Waals surface area contributed by atoms with E-state index in [1.807, 2.05) is 6.07 Å². The first-order valence-corrected chi connectivity index (χ1v) is 12.8. The molecular weight excluding hydrogens is 388 g/mol. The zero-order valence-corrected chi connectivity index (χ0v) is 18.7. The van der Waals surface area contributed by atoms with Crippen LogP contribution in [0.3, 0.4) is 0 Å². The van der Waals surface area contributed by atoms with E-state index < -0.39 is 10.0 Å². The lowest BCUT2D eigenvalue weighted by Crippen LogP contribution is -2.55. The average Bonchev–Trinajstić information content (AvgIpc) is 2.67. The van der Waals surface area contributed by atoms with Gasteiger partial charge < -0.3 is 14.8 Å². The van der Waals surface area contributed by atoms with Gasteiger partial charge in [0.1, 0.15) is 5.75 Å². The largest absolute Gasteiger partial charge is 0.491 e. The number of nitrogens with one attached hydrogen (secondary N) is 2. The maximum absolute atomic E-state index is 11.6. The molecule has 2 fully saturated rings. The smallest absolute Gasteiger partial charge is 0.209 e. The monoisotopic (exact) mass is 424 g/mol. The predicted molar refractivity (Wildman–Crippen MR) is 116 cm³/mol. The Labute approximate surface area is 175 Å². The summed E-state index contributed by atoms with van der Waals surface area (Å²) in [6.07, 6.45) is 7.70. The number of sulfonamides is 1. The summed E-state index contributed by atoms with van der Waals surface area (Å²) in [5.74, 6) is 1.52. The third-order valence-corrected chi connectivity index (χ3v) is 6.59. The van der Waals surface area contributed by atoms with Crippen molar-refractivity contribution in [1.82, 2.24) is 10.0 Å². The Bertz CT molecular complexity index is 745. The second kappa shape index (κ2) is 10.2. The SMILES string of the molecule is CC(C)Oc1ccccc1[C@H]1CC[C@@H](OC[C@@H]2NCCC[C@@H]2NS(C)(=O)=O)CC1. The van der Waals surface area contributed by atoms with Gasteiger partial charge in [-0.15, -0.1) is 0 Å². The van der Waals surface area contributed by atoms with E-state index in [4.69, 9.17) is 9.47 Å². The molecule has 1 heterocycles. The van der Waals surface area contributed by atoms with E-state index in [-0.39, 0.29) is 24.3 Å². The summed E-state index contributed by atoms with van der Waals surface area (Å²) in [4.78, 5) is 0. The number of rotatable bonds is 8. The molecule has 164 valence electrons. The molecule has 1 aromatic rings. The Morgan fingerprint density at radius 2 is 1.86 bits per heavy atom. The van der Waals surface area contributed by atoms with E-state index in [9.17, 15) is 8.42 Å². The van der Waals surface area contributed by atoms with Crippen LogP contribution in [0.15, 0.2) is 24.3 Å². The van der Waals surface area contributed by atoms with Crippen LogP contribution in [0.1, 0.15) is 63.9 Å². The van der Waals surface area contributed by atoms with Crippen molar-refractivity contribution in [2.75, 3.05) is 19.4 Å². The molecule has 0 unspecified atom stereocenters. The molecule has 7 heteroatoms. The summed E-state index contributed by atoms with van der Waals surface area (Å²) >= 11 is 0. The molecule has 0 spiro atoms.